The largest absolute Gasteiger partial charge is 0.314 e. The molecular formula is C24H50N2. The van der Waals surface area contributed by atoms with Gasteiger partial charge < -0.3 is 5.32 Å². The topological polar surface area (TPSA) is 15.3 Å². The summed E-state index contributed by atoms with van der Waals surface area (Å²) in [5, 5.41) is 3.89. The molecule has 0 aromatic carbocycles. The SMILES string of the molecule is CCCCCCCCN1C(C)(C)CC(NCCCCCCC)CC1(C)C. The van der Waals surface area contributed by atoms with Gasteiger partial charge in [0.1, 0.15) is 0 Å². The number of hydrogen-bond acceptors (Lipinski definition) is 2. The van der Waals surface area contributed by atoms with Crippen molar-refractivity contribution in [1.82, 2.24) is 10.2 Å². The van der Waals surface area contributed by atoms with Crippen LogP contribution in [0.25, 0.3) is 0 Å². The Morgan fingerprint density at radius 3 is 1.69 bits per heavy atom. The lowest BCUT2D eigenvalue weighted by Crippen LogP contribution is -2.64. The van der Waals surface area contributed by atoms with Crippen LogP contribution in [0.1, 0.15) is 125 Å². The minimum absolute atomic E-state index is 0.311. The second-order valence-electron chi connectivity index (χ2n) is 10.0. The Bertz CT molecular complexity index is 330. The summed E-state index contributed by atoms with van der Waals surface area (Å²) < 4.78 is 0. The third-order valence-electron chi connectivity index (χ3n) is 6.40. The lowest BCUT2D eigenvalue weighted by atomic mass is 9.76. The van der Waals surface area contributed by atoms with Crippen LogP contribution in [0.4, 0.5) is 0 Å². The first-order valence-corrected chi connectivity index (χ1v) is 11.8. The van der Waals surface area contributed by atoms with Gasteiger partial charge in [-0.3, -0.25) is 4.90 Å². The highest BCUT2D eigenvalue weighted by atomic mass is 15.3. The van der Waals surface area contributed by atoms with Gasteiger partial charge in [0.25, 0.3) is 0 Å². The predicted octanol–water partition coefficient (Wildman–Crippen LogP) is 6.93. The summed E-state index contributed by atoms with van der Waals surface area (Å²) in [7, 11) is 0. The van der Waals surface area contributed by atoms with Crippen LogP contribution in [0.15, 0.2) is 0 Å². The monoisotopic (exact) mass is 366 g/mol. The quantitative estimate of drug-likeness (QED) is 0.335. The molecule has 1 rings (SSSR count). The zero-order valence-electron chi connectivity index (χ0n) is 19.1. The van der Waals surface area contributed by atoms with Crippen molar-refractivity contribution in [2.24, 2.45) is 0 Å². The normalized spacial score (nSPS) is 20.5. The lowest BCUT2D eigenvalue weighted by molar-refractivity contribution is -0.0414. The van der Waals surface area contributed by atoms with Crippen molar-refractivity contribution in [3.8, 4) is 0 Å². The molecule has 2 nitrogen and oxygen atoms in total. The van der Waals surface area contributed by atoms with Crippen molar-refractivity contribution in [2.45, 2.75) is 142 Å². The summed E-state index contributed by atoms with van der Waals surface area (Å²) >= 11 is 0. The van der Waals surface area contributed by atoms with Crippen LogP contribution >= 0.6 is 0 Å². The number of rotatable bonds is 14. The molecule has 2 heteroatoms. The molecule has 1 fully saturated rings. The van der Waals surface area contributed by atoms with E-state index in [1.165, 1.54) is 96.6 Å². The van der Waals surface area contributed by atoms with Crippen LogP contribution in [-0.2, 0) is 0 Å². The molecule has 1 heterocycles. The number of nitrogens with one attached hydrogen (secondary N) is 1. The highest BCUT2D eigenvalue weighted by Gasteiger charge is 2.44. The second kappa shape index (κ2) is 12.4. The molecule has 0 atom stereocenters. The summed E-state index contributed by atoms with van der Waals surface area (Å²) in [5.74, 6) is 0. The second-order valence-corrected chi connectivity index (χ2v) is 10.0. The molecule has 1 aliphatic rings. The molecule has 1 saturated heterocycles. The summed E-state index contributed by atoms with van der Waals surface area (Å²) in [5.41, 5.74) is 0.621. The van der Waals surface area contributed by atoms with Crippen molar-refractivity contribution in [1.29, 1.82) is 0 Å². The highest BCUT2D eigenvalue weighted by molar-refractivity contribution is 5.02. The molecule has 0 aliphatic carbocycles. The van der Waals surface area contributed by atoms with Gasteiger partial charge in [-0.05, 0) is 66.5 Å². The molecule has 0 aromatic heterocycles. The molecule has 1 aliphatic heterocycles. The number of piperidine rings is 1. The minimum atomic E-state index is 0.311. The molecule has 0 radical (unpaired) electrons. The Hall–Kier alpha value is -0.0800. The first-order chi connectivity index (χ1) is 12.3. The minimum Gasteiger partial charge on any atom is -0.314 e. The van der Waals surface area contributed by atoms with E-state index < -0.39 is 0 Å². The van der Waals surface area contributed by atoms with Crippen molar-refractivity contribution in [2.75, 3.05) is 13.1 Å². The van der Waals surface area contributed by atoms with Crippen molar-refractivity contribution in [3.05, 3.63) is 0 Å². The first kappa shape index (κ1) is 24.0. The number of unbranched alkanes of at least 4 members (excludes halogenated alkanes) is 9. The van der Waals surface area contributed by atoms with Gasteiger partial charge in [0, 0.05) is 17.1 Å². The Balaban J connectivity index is 2.37. The third kappa shape index (κ3) is 8.74. The first-order valence-electron chi connectivity index (χ1n) is 11.8. The van der Waals surface area contributed by atoms with E-state index in [0.717, 1.165) is 0 Å². The Kier molecular flexibility index (Phi) is 11.4. The maximum atomic E-state index is 3.89. The van der Waals surface area contributed by atoms with Gasteiger partial charge >= 0.3 is 0 Å². The van der Waals surface area contributed by atoms with Crippen molar-refractivity contribution in [3.63, 3.8) is 0 Å². The summed E-state index contributed by atoms with van der Waals surface area (Å²) in [6.07, 6.45) is 17.8. The van der Waals surface area contributed by atoms with Gasteiger partial charge in [-0.25, -0.2) is 0 Å². The average molecular weight is 367 g/mol. The lowest BCUT2D eigenvalue weighted by Gasteiger charge is -2.55. The van der Waals surface area contributed by atoms with E-state index in [1.54, 1.807) is 0 Å². The van der Waals surface area contributed by atoms with Crippen LogP contribution in [0.2, 0.25) is 0 Å². The fraction of sp³-hybridized carbons (Fsp3) is 1.00. The van der Waals surface area contributed by atoms with Crippen LogP contribution < -0.4 is 5.32 Å². The van der Waals surface area contributed by atoms with Gasteiger partial charge in [0.05, 0.1) is 0 Å². The zero-order valence-corrected chi connectivity index (χ0v) is 19.1. The summed E-state index contributed by atoms with van der Waals surface area (Å²) in [4.78, 5) is 2.82. The van der Waals surface area contributed by atoms with E-state index in [1.807, 2.05) is 0 Å². The van der Waals surface area contributed by atoms with Gasteiger partial charge in [-0.2, -0.15) is 0 Å². The molecule has 156 valence electrons. The Labute approximate surface area is 165 Å². The molecule has 1 N–H and O–H groups in total. The Morgan fingerprint density at radius 1 is 0.692 bits per heavy atom. The zero-order chi connectivity index (χ0) is 19.5. The predicted molar refractivity (Wildman–Crippen MR) is 118 cm³/mol. The van der Waals surface area contributed by atoms with E-state index in [0.29, 0.717) is 17.1 Å². The van der Waals surface area contributed by atoms with E-state index in [9.17, 15) is 0 Å². The molecular weight excluding hydrogens is 316 g/mol. The molecule has 0 spiro atoms. The fourth-order valence-corrected chi connectivity index (χ4v) is 5.15. The average Bonchev–Trinajstić information content (AvgIpc) is 2.55. The Morgan fingerprint density at radius 2 is 1.15 bits per heavy atom. The molecule has 0 amide bonds. The maximum Gasteiger partial charge on any atom is 0.0173 e. The summed E-state index contributed by atoms with van der Waals surface area (Å²) in [6, 6.07) is 0.687. The highest BCUT2D eigenvalue weighted by Crippen LogP contribution is 2.38. The standard InChI is InChI=1S/C24H50N2/c1-7-9-11-13-15-17-19-26-23(3,4)20-22(21-24(26,5)6)25-18-16-14-12-10-8-2/h22,25H,7-21H2,1-6H3. The number of likely N-dealkylation sites (tertiary alicyclic amines) is 1. The van der Waals surface area contributed by atoms with Crippen molar-refractivity contribution < 1.29 is 0 Å². The molecule has 0 unspecified atom stereocenters. The number of hydrogen-bond donors (Lipinski definition) is 1. The molecule has 0 saturated carbocycles. The molecule has 0 bridgehead atoms. The van der Waals surface area contributed by atoms with Gasteiger partial charge in [-0.1, -0.05) is 71.6 Å². The van der Waals surface area contributed by atoms with Crippen LogP contribution in [-0.4, -0.2) is 35.1 Å². The molecule has 26 heavy (non-hydrogen) atoms. The molecule has 0 aromatic rings. The van der Waals surface area contributed by atoms with E-state index >= 15 is 0 Å². The van der Waals surface area contributed by atoms with Gasteiger partial charge in [-0.15, -0.1) is 0 Å². The van der Waals surface area contributed by atoms with Crippen LogP contribution in [0, 0.1) is 0 Å². The fourth-order valence-electron chi connectivity index (χ4n) is 5.15. The summed E-state index contributed by atoms with van der Waals surface area (Å²) in [6.45, 7) is 17.0. The van der Waals surface area contributed by atoms with E-state index in [2.05, 4.69) is 51.8 Å². The third-order valence-corrected chi connectivity index (χ3v) is 6.40. The number of nitrogens with zero attached hydrogens (tertiary/aromatic N) is 1. The van der Waals surface area contributed by atoms with Gasteiger partial charge in [0.15, 0.2) is 0 Å². The van der Waals surface area contributed by atoms with Gasteiger partial charge in [0.2, 0.25) is 0 Å². The maximum absolute atomic E-state index is 3.89. The van der Waals surface area contributed by atoms with E-state index in [-0.39, 0.29) is 0 Å². The van der Waals surface area contributed by atoms with Crippen LogP contribution in [0.3, 0.4) is 0 Å². The van der Waals surface area contributed by atoms with Crippen molar-refractivity contribution >= 4 is 0 Å². The smallest absolute Gasteiger partial charge is 0.0173 e. The van der Waals surface area contributed by atoms with Crippen LogP contribution in [0.5, 0.6) is 0 Å². The van der Waals surface area contributed by atoms with E-state index in [4.69, 9.17) is 0 Å².